The summed E-state index contributed by atoms with van der Waals surface area (Å²) in [6.45, 7) is 0.253. The zero-order valence-electron chi connectivity index (χ0n) is 17.7. The van der Waals surface area contributed by atoms with Crippen molar-refractivity contribution in [2.24, 2.45) is 0 Å². The number of halogens is 2. The molecule has 1 aromatic heterocycles. The first kappa shape index (κ1) is 23.1. The summed E-state index contributed by atoms with van der Waals surface area (Å²) in [5.41, 5.74) is 8.87. The molecular formula is C26H17BrClN5O. The van der Waals surface area contributed by atoms with E-state index in [1.54, 1.807) is 18.2 Å². The topological polar surface area (TPSA) is 101 Å². The Labute approximate surface area is 210 Å². The van der Waals surface area contributed by atoms with E-state index in [9.17, 15) is 10.5 Å². The molecule has 8 heteroatoms. The van der Waals surface area contributed by atoms with E-state index >= 15 is 0 Å². The Morgan fingerprint density at radius 1 is 1.09 bits per heavy atom. The predicted octanol–water partition coefficient (Wildman–Crippen LogP) is 6.39. The zero-order chi connectivity index (χ0) is 24.1. The van der Waals surface area contributed by atoms with Gasteiger partial charge >= 0.3 is 0 Å². The van der Waals surface area contributed by atoms with Gasteiger partial charge in [-0.25, -0.2) is 4.68 Å². The highest BCUT2D eigenvalue weighted by atomic mass is 79.9. The van der Waals surface area contributed by atoms with E-state index in [2.05, 4.69) is 33.2 Å². The molecule has 4 rings (SSSR count). The second kappa shape index (κ2) is 10.3. The Morgan fingerprint density at radius 3 is 2.53 bits per heavy atom. The van der Waals surface area contributed by atoms with Crippen LogP contribution in [0, 0.1) is 22.7 Å². The minimum absolute atomic E-state index is 0.130. The van der Waals surface area contributed by atoms with Crippen molar-refractivity contribution < 1.29 is 4.74 Å². The molecule has 3 aromatic carbocycles. The number of ether oxygens (including phenoxy) is 1. The molecule has 0 unspecified atom stereocenters. The van der Waals surface area contributed by atoms with Crippen LogP contribution in [0.3, 0.4) is 0 Å². The molecule has 0 aliphatic rings. The number of benzene rings is 3. The molecular weight excluding hydrogens is 514 g/mol. The van der Waals surface area contributed by atoms with E-state index in [1.807, 2.05) is 60.7 Å². The van der Waals surface area contributed by atoms with Crippen molar-refractivity contribution in [3.05, 3.63) is 105 Å². The molecule has 0 aliphatic carbocycles. The van der Waals surface area contributed by atoms with Gasteiger partial charge in [0, 0.05) is 20.6 Å². The van der Waals surface area contributed by atoms with E-state index in [4.69, 9.17) is 22.1 Å². The molecule has 0 radical (unpaired) electrons. The van der Waals surface area contributed by atoms with Gasteiger partial charge in [0.1, 0.15) is 41.6 Å². The van der Waals surface area contributed by atoms with Gasteiger partial charge in [0.15, 0.2) is 0 Å². The van der Waals surface area contributed by atoms with Crippen LogP contribution in [0.5, 0.6) is 5.75 Å². The Bertz CT molecular complexity index is 1470. The lowest BCUT2D eigenvalue weighted by Crippen LogP contribution is -2.02. The van der Waals surface area contributed by atoms with Gasteiger partial charge in [-0.3, -0.25) is 0 Å². The monoisotopic (exact) mass is 529 g/mol. The maximum absolute atomic E-state index is 9.95. The van der Waals surface area contributed by atoms with Gasteiger partial charge in [0.05, 0.1) is 11.3 Å². The van der Waals surface area contributed by atoms with Gasteiger partial charge in [0.25, 0.3) is 0 Å². The Balaban J connectivity index is 1.75. The number of hydrogen-bond donors (Lipinski definition) is 1. The summed E-state index contributed by atoms with van der Waals surface area (Å²) in [7, 11) is 0. The minimum atomic E-state index is 0.130. The van der Waals surface area contributed by atoms with Gasteiger partial charge in [-0.15, -0.1) is 0 Å². The minimum Gasteiger partial charge on any atom is -0.488 e. The number of anilines is 1. The molecule has 0 amide bonds. The summed E-state index contributed by atoms with van der Waals surface area (Å²) in [6.07, 6.45) is 1.63. The lowest BCUT2D eigenvalue weighted by molar-refractivity contribution is 0.305. The Kier molecular flexibility index (Phi) is 6.98. The molecule has 2 N–H and O–H groups in total. The maximum Gasteiger partial charge on any atom is 0.145 e. The van der Waals surface area contributed by atoms with Crippen molar-refractivity contribution in [3.8, 4) is 23.6 Å². The second-order valence-corrected chi connectivity index (χ2v) is 8.52. The van der Waals surface area contributed by atoms with Crippen LogP contribution in [-0.2, 0) is 6.61 Å². The number of para-hydroxylation sites is 1. The van der Waals surface area contributed by atoms with Gasteiger partial charge in [-0.1, -0.05) is 63.9 Å². The van der Waals surface area contributed by atoms with Gasteiger partial charge < -0.3 is 10.5 Å². The third-order valence-corrected chi connectivity index (χ3v) is 5.88. The molecule has 0 saturated heterocycles. The molecule has 6 nitrogen and oxygen atoms in total. The number of hydrogen-bond acceptors (Lipinski definition) is 5. The summed E-state index contributed by atoms with van der Waals surface area (Å²) in [4.78, 5) is 0. The number of nitriles is 2. The number of rotatable bonds is 6. The first-order valence-electron chi connectivity index (χ1n) is 10.1. The van der Waals surface area contributed by atoms with Crippen LogP contribution in [0.1, 0.15) is 22.4 Å². The summed E-state index contributed by atoms with van der Waals surface area (Å²) in [5, 5.41) is 24.8. The first-order chi connectivity index (χ1) is 16.5. The molecule has 4 aromatic rings. The average Bonchev–Trinajstić information content (AvgIpc) is 3.19. The van der Waals surface area contributed by atoms with Gasteiger partial charge in [0.2, 0.25) is 0 Å². The Morgan fingerprint density at radius 2 is 1.82 bits per heavy atom. The molecule has 0 bridgehead atoms. The van der Waals surface area contributed by atoms with Crippen molar-refractivity contribution in [1.82, 2.24) is 9.78 Å². The standard InChI is InChI=1S/C26H17BrClN5O/c27-20-10-11-24(34-16-17-6-4-5-9-23(17)28)18(13-20)12-19(14-29)25-22(15-30)26(31)33(32-25)21-7-2-1-3-8-21/h1-13H,16,31H2/b19-12+. The van der Waals surface area contributed by atoms with Crippen molar-refractivity contribution in [1.29, 1.82) is 10.5 Å². The van der Waals surface area contributed by atoms with E-state index in [1.165, 1.54) is 4.68 Å². The summed E-state index contributed by atoms with van der Waals surface area (Å²) in [6, 6.07) is 26.3. The third-order valence-electron chi connectivity index (χ3n) is 5.02. The normalized spacial score (nSPS) is 11.0. The zero-order valence-corrected chi connectivity index (χ0v) is 20.1. The average molecular weight is 531 g/mol. The van der Waals surface area contributed by atoms with Crippen LogP contribution in [0.2, 0.25) is 5.02 Å². The number of nitrogens with two attached hydrogens (primary N) is 1. The van der Waals surface area contributed by atoms with Crippen LogP contribution in [-0.4, -0.2) is 9.78 Å². The van der Waals surface area contributed by atoms with Gasteiger partial charge in [-0.05, 0) is 42.5 Å². The second-order valence-electron chi connectivity index (χ2n) is 7.20. The lowest BCUT2D eigenvalue weighted by Gasteiger charge is -2.11. The molecule has 1 heterocycles. The number of nitrogen functional groups attached to an aromatic ring is 1. The van der Waals surface area contributed by atoms with E-state index in [0.717, 1.165) is 10.0 Å². The van der Waals surface area contributed by atoms with Crippen molar-refractivity contribution in [3.63, 3.8) is 0 Å². The van der Waals surface area contributed by atoms with Crippen LogP contribution in [0.25, 0.3) is 17.3 Å². The smallest absolute Gasteiger partial charge is 0.145 e. The highest BCUT2D eigenvalue weighted by Gasteiger charge is 2.20. The summed E-state index contributed by atoms with van der Waals surface area (Å²) in [5.74, 6) is 0.708. The molecule has 34 heavy (non-hydrogen) atoms. The van der Waals surface area contributed by atoms with Crippen molar-refractivity contribution in [2.45, 2.75) is 6.61 Å². The SMILES string of the molecule is N#C/C(=C\c1cc(Br)ccc1OCc1ccccc1Cl)c1nn(-c2ccccc2)c(N)c1C#N. The molecule has 0 fully saturated rings. The van der Waals surface area contributed by atoms with Gasteiger partial charge in [-0.2, -0.15) is 15.6 Å². The van der Waals surface area contributed by atoms with Crippen molar-refractivity contribution in [2.75, 3.05) is 5.73 Å². The molecule has 0 spiro atoms. The van der Waals surface area contributed by atoms with E-state index < -0.39 is 0 Å². The first-order valence-corrected chi connectivity index (χ1v) is 11.3. The number of allylic oxidation sites excluding steroid dienone is 1. The predicted molar refractivity (Wildman–Crippen MR) is 136 cm³/mol. The molecule has 166 valence electrons. The Hall–Kier alpha value is -4.04. The van der Waals surface area contributed by atoms with Crippen LogP contribution in [0.15, 0.2) is 77.3 Å². The van der Waals surface area contributed by atoms with Crippen LogP contribution >= 0.6 is 27.5 Å². The quantitative estimate of drug-likeness (QED) is 0.291. The summed E-state index contributed by atoms with van der Waals surface area (Å²) < 4.78 is 8.28. The van der Waals surface area contributed by atoms with Crippen LogP contribution in [0.4, 0.5) is 5.82 Å². The number of nitrogens with zero attached hydrogens (tertiary/aromatic N) is 4. The number of aromatic nitrogens is 2. The fraction of sp³-hybridized carbons (Fsp3) is 0.0385. The fourth-order valence-corrected chi connectivity index (χ4v) is 3.91. The van der Waals surface area contributed by atoms with Crippen LogP contribution < -0.4 is 10.5 Å². The fourth-order valence-electron chi connectivity index (χ4n) is 3.34. The van der Waals surface area contributed by atoms with E-state index in [0.29, 0.717) is 22.0 Å². The molecule has 0 saturated carbocycles. The lowest BCUT2D eigenvalue weighted by atomic mass is 10.1. The third kappa shape index (κ3) is 4.82. The highest BCUT2D eigenvalue weighted by molar-refractivity contribution is 9.10. The highest BCUT2D eigenvalue weighted by Crippen LogP contribution is 2.31. The summed E-state index contributed by atoms with van der Waals surface area (Å²) >= 11 is 9.71. The molecule has 0 aliphatic heterocycles. The van der Waals surface area contributed by atoms with Crippen molar-refractivity contribution >= 4 is 45.0 Å². The largest absolute Gasteiger partial charge is 0.488 e. The molecule has 0 atom stereocenters. The maximum atomic E-state index is 9.95. The van der Waals surface area contributed by atoms with E-state index in [-0.39, 0.29) is 29.3 Å².